The Morgan fingerprint density at radius 2 is 1.83 bits per heavy atom. The van der Waals surface area contributed by atoms with Crippen molar-refractivity contribution >= 4 is 40.6 Å². The van der Waals surface area contributed by atoms with Crippen molar-refractivity contribution < 1.29 is 19.1 Å². The SMILES string of the molecule is Cc1ccccc1NC(=O)CN1C(=O)SC(=Cc2ccc(OCC(C)C)cc2)C1=O. The third kappa shape index (κ3) is 5.51. The fourth-order valence-electron chi connectivity index (χ4n) is 2.76. The van der Waals surface area contributed by atoms with Crippen LogP contribution in [0.5, 0.6) is 5.75 Å². The average molecular weight is 425 g/mol. The minimum Gasteiger partial charge on any atom is -0.493 e. The fraction of sp³-hybridized carbons (Fsp3) is 0.261. The Bertz CT molecular complexity index is 983. The monoisotopic (exact) mass is 424 g/mol. The van der Waals surface area contributed by atoms with Crippen LogP contribution in [-0.4, -0.2) is 35.1 Å². The highest BCUT2D eigenvalue weighted by molar-refractivity contribution is 8.18. The van der Waals surface area contributed by atoms with E-state index in [1.54, 1.807) is 12.1 Å². The molecule has 2 aromatic carbocycles. The Morgan fingerprint density at radius 1 is 1.13 bits per heavy atom. The summed E-state index contributed by atoms with van der Waals surface area (Å²) in [6, 6.07) is 14.6. The largest absolute Gasteiger partial charge is 0.493 e. The molecule has 1 saturated heterocycles. The number of nitrogens with one attached hydrogen (secondary N) is 1. The number of benzene rings is 2. The van der Waals surface area contributed by atoms with E-state index < -0.39 is 17.1 Å². The number of thioether (sulfide) groups is 1. The molecule has 156 valence electrons. The summed E-state index contributed by atoms with van der Waals surface area (Å²) in [7, 11) is 0. The number of hydrogen-bond acceptors (Lipinski definition) is 5. The smallest absolute Gasteiger partial charge is 0.294 e. The van der Waals surface area contributed by atoms with Crippen molar-refractivity contribution in [1.29, 1.82) is 0 Å². The molecule has 6 nitrogen and oxygen atoms in total. The molecule has 7 heteroatoms. The van der Waals surface area contributed by atoms with Crippen LogP contribution in [0.15, 0.2) is 53.4 Å². The second-order valence-corrected chi connectivity index (χ2v) is 8.40. The number of hydrogen-bond donors (Lipinski definition) is 1. The number of imide groups is 1. The van der Waals surface area contributed by atoms with E-state index in [1.807, 2.05) is 49.4 Å². The van der Waals surface area contributed by atoms with E-state index in [-0.39, 0.29) is 6.54 Å². The lowest BCUT2D eigenvalue weighted by Crippen LogP contribution is -2.36. The van der Waals surface area contributed by atoms with Crippen LogP contribution < -0.4 is 10.1 Å². The van der Waals surface area contributed by atoms with Gasteiger partial charge in [0.15, 0.2) is 0 Å². The lowest BCUT2D eigenvalue weighted by Gasteiger charge is -2.13. The molecule has 0 bridgehead atoms. The van der Waals surface area contributed by atoms with E-state index in [4.69, 9.17) is 4.74 Å². The number of para-hydroxylation sites is 1. The van der Waals surface area contributed by atoms with Crippen molar-refractivity contribution in [3.05, 3.63) is 64.6 Å². The maximum atomic E-state index is 12.6. The molecule has 0 atom stereocenters. The number of anilines is 1. The number of carbonyl (C=O) groups excluding carboxylic acids is 3. The first-order valence-corrected chi connectivity index (χ1v) is 10.5. The van der Waals surface area contributed by atoms with E-state index in [1.165, 1.54) is 0 Å². The number of carbonyl (C=O) groups is 3. The van der Waals surface area contributed by atoms with Crippen LogP contribution >= 0.6 is 11.8 Å². The summed E-state index contributed by atoms with van der Waals surface area (Å²) >= 11 is 0.834. The number of ether oxygens (including phenoxy) is 1. The van der Waals surface area contributed by atoms with Crippen molar-refractivity contribution in [1.82, 2.24) is 4.90 Å². The molecular weight excluding hydrogens is 400 g/mol. The second-order valence-electron chi connectivity index (χ2n) is 7.40. The van der Waals surface area contributed by atoms with Crippen molar-refractivity contribution in [3.8, 4) is 5.75 Å². The van der Waals surface area contributed by atoms with E-state index in [2.05, 4.69) is 19.2 Å². The van der Waals surface area contributed by atoms with Gasteiger partial charge in [0.05, 0.1) is 11.5 Å². The molecule has 1 N–H and O–H groups in total. The summed E-state index contributed by atoms with van der Waals surface area (Å²) in [5, 5.41) is 2.29. The van der Waals surface area contributed by atoms with E-state index in [9.17, 15) is 14.4 Å². The summed E-state index contributed by atoms with van der Waals surface area (Å²) in [4.78, 5) is 38.5. The number of nitrogens with zero attached hydrogens (tertiary/aromatic N) is 1. The topological polar surface area (TPSA) is 75.7 Å². The van der Waals surface area contributed by atoms with Gasteiger partial charge < -0.3 is 10.1 Å². The summed E-state index contributed by atoms with van der Waals surface area (Å²) in [5.41, 5.74) is 2.34. The predicted octanol–water partition coefficient (Wildman–Crippen LogP) is 4.70. The summed E-state index contributed by atoms with van der Waals surface area (Å²) in [6.07, 6.45) is 1.65. The zero-order valence-electron chi connectivity index (χ0n) is 17.2. The van der Waals surface area contributed by atoms with Gasteiger partial charge in [-0.25, -0.2) is 0 Å². The fourth-order valence-corrected chi connectivity index (χ4v) is 3.60. The number of rotatable bonds is 7. The van der Waals surface area contributed by atoms with Gasteiger partial charge >= 0.3 is 0 Å². The summed E-state index contributed by atoms with van der Waals surface area (Å²) in [6.45, 7) is 6.33. The molecule has 1 aliphatic heterocycles. The Morgan fingerprint density at radius 3 is 2.50 bits per heavy atom. The summed E-state index contributed by atoms with van der Waals surface area (Å²) < 4.78 is 5.65. The summed E-state index contributed by atoms with van der Waals surface area (Å²) in [5.74, 6) is 0.297. The molecule has 3 amide bonds. The molecule has 30 heavy (non-hydrogen) atoms. The van der Waals surface area contributed by atoms with Gasteiger partial charge in [-0.1, -0.05) is 44.2 Å². The van der Waals surface area contributed by atoms with Crippen LogP contribution in [0.4, 0.5) is 10.5 Å². The Balaban J connectivity index is 1.64. The standard InChI is InChI=1S/C23H24N2O4S/c1-15(2)14-29-18-10-8-17(9-11-18)12-20-22(27)25(23(28)30-20)13-21(26)24-19-7-5-4-6-16(19)3/h4-12,15H,13-14H2,1-3H3,(H,24,26). The molecule has 1 fully saturated rings. The molecule has 0 aliphatic carbocycles. The molecule has 0 spiro atoms. The minimum absolute atomic E-state index is 0.291. The van der Waals surface area contributed by atoms with E-state index in [0.717, 1.165) is 33.5 Å². The van der Waals surface area contributed by atoms with Gasteiger partial charge in [0.1, 0.15) is 12.3 Å². The third-order valence-electron chi connectivity index (χ3n) is 4.36. The predicted molar refractivity (Wildman–Crippen MR) is 119 cm³/mol. The normalized spacial score (nSPS) is 15.2. The van der Waals surface area contributed by atoms with Gasteiger partial charge in [0, 0.05) is 5.69 Å². The van der Waals surface area contributed by atoms with Crippen LogP contribution in [-0.2, 0) is 9.59 Å². The molecule has 3 rings (SSSR count). The van der Waals surface area contributed by atoms with Gasteiger partial charge in [0.2, 0.25) is 5.91 Å². The lowest BCUT2D eigenvalue weighted by atomic mass is 10.2. The average Bonchev–Trinajstić information content (AvgIpc) is 2.96. The van der Waals surface area contributed by atoms with Crippen molar-refractivity contribution in [3.63, 3.8) is 0 Å². The molecule has 0 radical (unpaired) electrons. The van der Waals surface area contributed by atoms with E-state index in [0.29, 0.717) is 23.1 Å². The Hall–Kier alpha value is -3.06. The maximum Gasteiger partial charge on any atom is 0.294 e. The lowest BCUT2D eigenvalue weighted by molar-refractivity contribution is -0.127. The molecule has 1 aliphatic rings. The molecule has 2 aromatic rings. The molecular formula is C23H24N2O4S. The Labute approximate surface area is 180 Å². The first-order valence-electron chi connectivity index (χ1n) is 9.67. The highest BCUT2D eigenvalue weighted by Crippen LogP contribution is 2.32. The molecule has 0 saturated carbocycles. The van der Waals surface area contributed by atoms with Crippen molar-refractivity contribution in [2.45, 2.75) is 20.8 Å². The highest BCUT2D eigenvalue weighted by atomic mass is 32.2. The first kappa shape index (κ1) is 21.6. The van der Waals surface area contributed by atoms with Crippen LogP contribution in [0.25, 0.3) is 6.08 Å². The molecule has 0 unspecified atom stereocenters. The van der Waals surface area contributed by atoms with Crippen LogP contribution in [0.2, 0.25) is 0 Å². The minimum atomic E-state index is -0.468. The van der Waals surface area contributed by atoms with Gasteiger partial charge in [-0.3, -0.25) is 19.3 Å². The number of aryl methyl sites for hydroxylation is 1. The zero-order valence-corrected chi connectivity index (χ0v) is 18.0. The van der Waals surface area contributed by atoms with Gasteiger partial charge in [0.25, 0.3) is 11.1 Å². The van der Waals surface area contributed by atoms with E-state index >= 15 is 0 Å². The highest BCUT2D eigenvalue weighted by Gasteiger charge is 2.36. The first-order chi connectivity index (χ1) is 14.3. The van der Waals surface area contributed by atoms with Gasteiger partial charge in [-0.05, 0) is 60.0 Å². The van der Waals surface area contributed by atoms with Gasteiger partial charge in [-0.2, -0.15) is 0 Å². The van der Waals surface area contributed by atoms with Crippen LogP contribution in [0, 0.1) is 12.8 Å². The quantitative estimate of drug-likeness (QED) is 0.652. The molecule has 1 heterocycles. The van der Waals surface area contributed by atoms with Gasteiger partial charge in [-0.15, -0.1) is 0 Å². The van der Waals surface area contributed by atoms with Crippen LogP contribution in [0.3, 0.4) is 0 Å². The van der Waals surface area contributed by atoms with Crippen molar-refractivity contribution in [2.24, 2.45) is 5.92 Å². The molecule has 0 aromatic heterocycles. The zero-order chi connectivity index (χ0) is 21.7. The second kappa shape index (κ2) is 9.63. The third-order valence-corrected chi connectivity index (χ3v) is 5.26. The van der Waals surface area contributed by atoms with Crippen molar-refractivity contribution in [2.75, 3.05) is 18.5 Å². The van der Waals surface area contributed by atoms with Crippen LogP contribution in [0.1, 0.15) is 25.0 Å². The Kier molecular flexibility index (Phi) is 6.95. The maximum absolute atomic E-state index is 12.6. The number of amides is 3.